The Balaban J connectivity index is 1.53. The van der Waals surface area contributed by atoms with E-state index in [1.165, 1.54) is 32.1 Å². The number of carbonyl (C=O) groups excluding carboxylic acids is 1. The van der Waals surface area contributed by atoms with Crippen LogP contribution in [0.15, 0.2) is 24.3 Å². The van der Waals surface area contributed by atoms with Crippen molar-refractivity contribution in [2.75, 3.05) is 5.32 Å². The molecule has 1 aromatic heterocycles. The fourth-order valence-electron chi connectivity index (χ4n) is 4.06. The van der Waals surface area contributed by atoms with E-state index in [4.69, 9.17) is 11.6 Å². The molecule has 144 valence electrons. The van der Waals surface area contributed by atoms with Gasteiger partial charge in [-0.25, -0.2) is 4.68 Å². The Bertz CT molecular complexity index is 874. The molecule has 1 amide bonds. The van der Waals surface area contributed by atoms with Crippen LogP contribution in [0, 0.1) is 5.92 Å². The third kappa shape index (κ3) is 4.27. The lowest BCUT2D eigenvalue weighted by Gasteiger charge is -2.21. The molecule has 1 aliphatic carbocycles. The quantitative estimate of drug-likeness (QED) is 0.791. The molecule has 2 aliphatic rings. The van der Waals surface area contributed by atoms with Gasteiger partial charge in [0.15, 0.2) is 0 Å². The number of benzene rings is 1. The Labute approximate surface area is 166 Å². The van der Waals surface area contributed by atoms with Crippen LogP contribution in [-0.2, 0) is 27.1 Å². The molecule has 1 aromatic carbocycles. The summed E-state index contributed by atoms with van der Waals surface area (Å²) in [5.74, 6) is 2.19. The standard InChI is InChI=1S/C20H24ClN3O2S/c21-15-7-4-8-16(11-15)24-20(17-12-27(26)13-18(17)23-24)22-19(25)10-9-14-5-2-1-3-6-14/h4,7-8,11,14H,1-3,5-6,9-10,12-13H2,(H,22,25)/t27-/m0/s1. The van der Waals surface area contributed by atoms with Gasteiger partial charge in [0.2, 0.25) is 5.91 Å². The van der Waals surface area contributed by atoms with Crippen molar-refractivity contribution < 1.29 is 9.00 Å². The second-order valence-corrected chi connectivity index (χ2v) is 9.38. The maximum Gasteiger partial charge on any atom is 0.225 e. The molecule has 4 rings (SSSR count). The van der Waals surface area contributed by atoms with Crippen molar-refractivity contribution in [1.82, 2.24) is 9.78 Å². The first kappa shape index (κ1) is 18.7. The molecule has 1 saturated carbocycles. The summed E-state index contributed by atoms with van der Waals surface area (Å²) in [4.78, 5) is 12.6. The van der Waals surface area contributed by atoms with Gasteiger partial charge in [-0.3, -0.25) is 9.00 Å². The Morgan fingerprint density at radius 2 is 2.07 bits per heavy atom. The van der Waals surface area contributed by atoms with Gasteiger partial charge in [-0.1, -0.05) is 49.8 Å². The molecule has 1 N–H and O–H groups in total. The molecule has 0 bridgehead atoms. The number of amides is 1. The molecular formula is C20H24ClN3O2S. The van der Waals surface area contributed by atoms with Crippen molar-refractivity contribution in [3.05, 3.63) is 40.5 Å². The molecule has 0 unspecified atom stereocenters. The molecule has 0 saturated heterocycles. The lowest BCUT2D eigenvalue weighted by Crippen LogP contribution is -2.18. The van der Waals surface area contributed by atoms with Crippen LogP contribution in [0.2, 0.25) is 5.02 Å². The molecule has 7 heteroatoms. The highest BCUT2D eigenvalue weighted by Gasteiger charge is 2.28. The molecule has 5 nitrogen and oxygen atoms in total. The van der Waals surface area contributed by atoms with Crippen LogP contribution in [-0.4, -0.2) is 19.9 Å². The maximum absolute atomic E-state index is 12.6. The van der Waals surface area contributed by atoms with E-state index in [-0.39, 0.29) is 5.91 Å². The number of nitrogens with zero attached hydrogens (tertiary/aromatic N) is 2. The lowest BCUT2D eigenvalue weighted by molar-refractivity contribution is -0.116. The summed E-state index contributed by atoms with van der Waals surface area (Å²) in [5.41, 5.74) is 2.49. The van der Waals surface area contributed by atoms with Crippen molar-refractivity contribution in [2.24, 2.45) is 5.92 Å². The van der Waals surface area contributed by atoms with E-state index < -0.39 is 10.8 Å². The van der Waals surface area contributed by atoms with Gasteiger partial charge in [-0.05, 0) is 30.5 Å². The number of fused-ring (bicyclic) bond motifs is 1. The van der Waals surface area contributed by atoms with E-state index in [9.17, 15) is 9.00 Å². The molecular weight excluding hydrogens is 382 g/mol. The van der Waals surface area contributed by atoms with Crippen LogP contribution < -0.4 is 5.32 Å². The fraction of sp³-hybridized carbons (Fsp3) is 0.500. The van der Waals surface area contributed by atoms with Crippen LogP contribution in [0.1, 0.15) is 56.2 Å². The number of nitrogens with one attached hydrogen (secondary N) is 1. The first-order chi connectivity index (χ1) is 13.1. The number of halogens is 1. The molecule has 2 heterocycles. The third-order valence-corrected chi connectivity index (χ3v) is 6.93. The highest BCUT2D eigenvalue weighted by Crippen LogP contribution is 2.32. The predicted octanol–water partition coefficient (Wildman–Crippen LogP) is 4.59. The average molecular weight is 406 g/mol. The van der Waals surface area contributed by atoms with Crippen molar-refractivity contribution >= 4 is 34.1 Å². The average Bonchev–Trinajstić information content (AvgIpc) is 3.18. The first-order valence-corrected chi connectivity index (χ1v) is 11.5. The minimum atomic E-state index is -0.943. The van der Waals surface area contributed by atoms with Gasteiger partial charge in [0.25, 0.3) is 0 Å². The van der Waals surface area contributed by atoms with Crippen molar-refractivity contribution in [2.45, 2.75) is 56.5 Å². The summed E-state index contributed by atoms with van der Waals surface area (Å²) >= 11 is 6.13. The van der Waals surface area contributed by atoms with E-state index in [2.05, 4.69) is 10.4 Å². The van der Waals surface area contributed by atoms with Crippen LogP contribution in [0.25, 0.3) is 5.69 Å². The largest absolute Gasteiger partial charge is 0.310 e. The van der Waals surface area contributed by atoms with Crippen LogP contribution in [0.4, 0.5) is 5.82 Å². The van der Waals surface area contributed by atoms with E-state index >= 15 is 0 Å². The number of hydrogen-bond acceptors (Lipinski definition) is 3. The van der Waals surface area contributed by atoms with Gasteiger partial charge < -0.3 is 5.32 Å². The van der Waals surface area contributed by atoms with Gasteiger partial charge in [0.05, 0.1) is 22.9 Å². The molecule has 0 spiro atoms. The first-order valence-electron chi connectivity index (χ1n) is 9.61. The number of hydrogen-bond donors (Lipinski definition) is 1. The van der Waals surface area contributed by atoms with Crippen LogP contribution in [0.3, 0.4) is 0 Å². The summed E-state index contributed by atoms with van der Waals surface area (Å²) in [6.45, 7) is 0. The Hall–Kier alpha value is -1.66. The molecule has 1 aliphatic heterocycles. The summed E-state index contributed by atoms with van der Waals surface area (Å²) in [7, 11) is -0.943. The lowest BCUT2D eigenvalue weighted by atomic mass is 9.86. The van der Waals surface area contributed by atoms with Gasteiger partial charge >= 0.3 is 0 Å². The Morgan fingerprint density at radius 1 is 1.26 bits per heavy atom. The fourth-order valence-corrected chi connectivity index (χ4v) is 5.51. The second kappa shape index (κ2) is 8.15. The minimum Gasteiger partial charge on any atom is -0.310 e. The highest BCUT2D eigenvalue weighted by molar-refractivity contribution is 7.83. The zero-order valence-electron chi connectivity index (χ0n) is 15.2. The summed E-state index contributed by atoms with van der Waals surface area (Å²) in [6.07, 6.45) is 7.82. The Morgan fingerprint density at radius 3 is 2.85 bits per heavy atom. The van der Waals surface area contributed by atoms with E-state index in [1.807, 2.05) is 18.2 Å². The van der Waals surface area contributed by atoms with E-state index in [0.717, 1.165) is 23.4 Å². The van der Waals surface area contributed by atoms with Crippen LogP contribution in [0.5, 0.6) is 0 Å². The summed E-state index contributed by atoms with van der Waals surface area (Å²) in [6, 6.07) is 7.39. The van der Waals surface area contributed by atoms with Crippen LogP contribution >= 0.6 is 11.6 Å². The number of rotatable bonds is 5. The highest BCUT2D eigenvalue weighted by atomic mass is 35.5. The van der Waals surface area contributed by atoms with Gasteiger partial charge in [-0.2, -0.15) is 5.10 Å². The summed E-state index contributed by atoms with van der Waals surface area (Å²) < 4.78 is 13.7. The summed E-state index contributed by atoms with van der Waals surface area (Å²) in [5, 5.41) is 8.27. The van der Waals surface area contributed by atoms with Gasteiger partial charge in [0.1, 0.15) is 5.82 Å². The smallest absolute Gasteiger partial charge is 0.225 e. The molecule has 2 aromatic rings. The zero-order chi connectivity index (χ0) is 18.8. The zero-order valence-corrected chi connectivity index (χ0v) is 16.8. The third-order valence-electron chi connectivity index (χ3n) is 5.48. The van der Waals surface area contributed by atoms with Gasteiger partial charge in [0, 0.05) is 27.8 Å². The predicted molar refractivity (Wildman–Crippen MR) is 109 cm³/mol. The van der Waals surface area contributed by atoms with Gasteiger partial charge in [-0.15, -0.1) is 0 Å². The van der Waals surface area contributed by atoms with E-state index in [0.29, 0.717) is 34.7 Å². The number of aromatic nitrogens is 2. The normalized spacial score (nSPS) is 19.8. The maximum atomic E-state index is 12.6. The monoisotopic (exact) mass is 405 g/mol. The minimum absolute atomic E-state index is 0.00392. The molecule has 0 radical (unpaired) electrons. The molecule has 1 atom stereocenters. The number of anilines is 1. The SMILES string of the molecule is O=C(CCC1CCCCC1)Nc1c2c(nn1-c1cccc(Cl)c1)C[S@@](=O)C2. The van der Waals surface area contributed by atoms with Crippen molar-refractivity contribution in [1.29, 1.82) is 0 Å². The Kier molecular flexibility index (Phi) is 5.64. The van der Waals surface area contributed by atoms with Crippen molar-refractivity contribution in [3.63, 3.8) is 0 Å². The molecule has 27 heavy (non-hydrogen) atoms. The topological polar surface area (TPSA) is 64.0 Å². The van der Waals surface area contributed by atoms with Crippen molar-refractivity contribution in [3.8, 4) is 5.69 Å². The molecule has 1 fully saturated rings. The van der Waals surface area contributed by atoms with E-state index in [1.54, 1.807) is 10.7 Å². The second-order valence-electron chi connectivity index (χ2n) is 7.48. The number of carbonyl (C=O) groups is 1.